The fourth-order valence-electron chi connectivity index (χ4n) is 2.46. The fourth-order valence-corrected chi connectivity index (χ4v) is 2.46. The molecule has 0 aliphatic heterocycles. The highest BCUT2D eigenvalue weighted by Gasteiger charge is 2.36. The zero-order chi connectivity index (χ0) is 12.5. The van der Waals surface area contributed by atoms with Crippen molar-refractivity contribution < 1.29 is 14.7 Å². The normalized spacial score (nSPS) is 18.1. The lowest BCUT2D eigenvalue weighted by atomic mass is 9.82. The van der Waals surface area contributed by atoms with Crippen LogP contribution >= 0.6 is 0 Å². The van der Waals surface area contributed by atoms with Crippen molar-refractivity contribution >= 4 is 5.97 Å². The van der Waals surface area contributed by atoms with Gasteiger partial charge in [0.05, 0.1) is 0 Å². The summed E-state index contributed by atoms with van der Waals surface area (Å²) in [5.41, 5.74) is 1.22. The average Bonchev–Trinajstić information content (AvgIpc) is 2.37. The zero-order valence-corrected chi connectivity index (χ0v) is 9.90. The summed E-state index contributed by atoms with van der Waals surface area (Å²) in [6.07, 6.45) is 4.12. The van der Waals surface area contributed by atoms with Crippen LogP contribution in [0.25, 0.3) is 0 Å². The minimum atomic E-state index is -1.67. The van der Waals surface area contributed by atoms with E-state index in [1.54, 1.807) is 6.07 Å². The zero-order valence-electron chi connectivity index (χ0n) is 9.90. The van der Waals surface area contributed by atoms with E-state index in [1.165, 1.54) is 12.5 Å². The first-order chi connectivity index (χ1) is 8.07. The molecule has 1 aromatic rings. The quantitative estimate of drug-likeness (QED) is 0.755. The molecule has 1 unspecified atom stereocenters. The van der Waals surface area contributed by atoms with Crippen molar-refractivity contribution in [1.82, 2.24) is 0 Å². The van der Waals surface area contributed by atoms with Gasteiger partial charge < -0.3 is 9.94 Å². The third-order valence-corrected chi connectivity index (χ3v) is 3.42. The minimum Gasteiger partial charge on any atom is -0.374 e. The highest BCUT2D eigenvalue weighted by molar-refractivity contribution is 5.81. The molecule has 0 fully saturated rings. The van der Waals surface area contributed by atoms with E-state index in [2.05, 4.69) is 4.84 Å². The second-order valence-corrected chi connectivity index (χ2v) is 4.63. The van der Waals surface area contributed by atoms with E-state index in [0.717, 1.165) is 31.2 Å². The van der Waals surface area contributed by atoms with Gasteiger partial charge in [-0.1, -0.05) is 18.2 Å². The molecule has 0 saturated heterocycles. The van der Waals surface area contributed by atoms with Crippen LogP contribution in [0.3, 0.4) is 0 Å². The van der Waals surface area contributed by atoms with Crippen molar-refractivity contribution in [1.29, 1.82) is 0 Å². The molecule has 0 radical (unpaired) electrons. The molecular formula is C13H17NO3. The Morgan fingerprint density at radius 1 is 1.41 bits per heavy atom. The Morgan fingerprint density at radius 2 is 2.12 bits per heavy atom. The van der Waals surface area contributed by atoms with E-state index in [9.17, 15) is 9.90 Å². The van der Waals surface area contributed by atoms with E-state index in [0.29, 0.717) is 5.56 Å². The van der Waals surface area contributed by atoms with Crippen molar-refractivity contribution in [3.05, 3.63) is 34.9 Å². The molecule has 1 atom stereocenters. The van der Waals surface area contributed by atoms with Crippen molar-refractivity contribution in [3.8, 4) is 0 Å². The predicted octanol–water partition coefficient (Wildman–Crippen LogP) is 1.19. The number of aryl methyl sites for hydroxylation is 1. The molecule has 0 bridgehead atoms. The Hall–Kier alpha value is -1.39. The minimum absolute atomic E-state index is 0.616. The summed E-state index contributed by atoms with van der Waals surface area (Å²) >= 11 is 0. The summed E-state index contributed by atoms with van der Waals surface area (Å²) in [6.45, 7) is 1.42. The van der Waals surface area contributed by atoms with Crippen LogP contribution in [0.2, 0.25) is 0 Å². The first kappa shape index (κ1) is 12.1. The first-order valence-electron chi connectivity index (χ1n) is 5.82. The SMILES string of the molecule is CC(O)(C(=O)ON)c1cccc2c1CCCC2. The van der Waals surface area contributed by atoms with Crippen molar-refractivity contribution in [2.24, 2.45) is 5.90 Å². The molecule has 4 nitrogen and oxygen atoms in total. The van der Waals surface area contributed by atoms with Gasteiger partial charge >= 0.3 is 5.97 Å². The van der Waals surface area contributed by atoms with Gasteiger partial charge in [-0.05, 0) is 49.3 Å². The van der Waals surface area contributed by atoms with E-state index in [1.807, 2.05) is 12.1 Å². The lowest BCUT2D eigenvalue weighted by Gasteiger charge is -2.27. The maximum atomic E-state index is 11.5. The molecule has 1 aromatic carbocycles. The molecule has 17 heavy (non-hydrogen) atoms. The summed E-state index contributed by atoms with van der Waals surface area (Å²) in [4.78, 5) is 15.7. The van der Waals surface area contributed by atoms with Crippen molar-refractivity contribution in [3.63, 3.8) is 0 Å². The van der Waals surface area contributed by atoms with E-state index < -0.39 is 11.6 Å². The van der Waals surface area contributed by atoms with Gasteiger partial charge in [0.2, 0.25) is 0 Å². The first-order valence-corrected chi connectivity index (χ1v) is 5.82. The number of aliphatic hydroxyl groups is 1. The predicted molar refractivity (Wildman–Crippen MR) is 62.9 cm³/mol. The Labute approximate surface area is 100 Å². The average molecular weight is 235 g/mol. The molecule has 0 amide bonds. The number of hydrogen-bond donors (Lipinski definition) is 2. The largest absolute Gasteiger partial charge is 0.374 e. The molecular weight excluding hydrogens is 218 g/mol. The standard InChI is InChI=1S/C13H17NO3/c1-13(16,12(15)17-14)11-8-4-6-9-5-2-3-7-10(9)11/h4,6,8,16H,2-3,5,7,14H2,1H3. The van der Waals surface area contributed by atoms with Crippen LogP contribution in [0.5, 0.6) is 0 Å². The maximum Gasteiger partial charge on any atom is 0.360 e. The Kier molecular flexibility index (Phi) is 3.17. The molecule has 0 heterocycles. The van der Waals surface area contributed by atoms with Crippen LogP contribution in [-0.4, -0.2) is 11.1 Å². The number of hydrogen-bond acceptors (Lipinski definition) is 4. The lowest BCUT2D eigenvalue weighted by molar-refractivity contribution is -0.165. The Bertz CT molecular complexity index is 440. The number of rotatable bonds is 2. The lowest BCUT2D eigenvalue weighted by Crippen LogP contribution is -2.37. The topological polar surface area (TPSA) is 72.5 Å². The number of fused-ring (bicyclic) bond motifs is 1. The third-order valence-electron chi connectivity index (χ3n) is 3.42. The van der Waals surface area contributed by atoms with E-state index in [4.69, 9.17) is 5.90 Å². The van der Waals surface area contributed by atoms with Crippen LogP contribution in [0, 0.1) is 0 Å². The Morgan fingerprint density at radius 3 is 2.82 bits per heavy atom. The molecule has 3 N–H and O–H groups in total. The number of carbonyl (C=O) groups excluding carboxylic acids is 1. The summed E-state index contributed by atoms with van der Waals surface area (Å²) < 4.78 is 0. The van der Waals surface area contributed by atoms with Gasteiger partial charge in [0.15, 0.2) is 5.60 Å². The van der Waals surface area contributed by atoms with Gasteiger partial charge in [-0.3, -0.25) is 0 Å². The van der Waals surface area contributed by atoms with Gasteiger partial charge in [0.1, 0.15) is 0 Å². The highest BCUT2D eigenvalue weighted by Crippen LogP contribution is 2.31. The van der Waals surface area contributed by atoms with Crippen LogP contribution in [0.1, 0.15) is 36.5 Å². The summed E-state index contributed by atoms with van der Waals surface area (Å²) in [6, 6.07) is 5.67. The molecule has 0 spiro atoms. The second-order valence-electron chi connectivity index (χ2n) is 4.63. The fraction of sp³-hybridized carbons (Fsp3) is 0.462. The summed E-state index contributed by atoms with van der Waals surface area (Å²) in [5.74, 6) is 4.04. The second kappa shape index (κ2) is 4.47. The van der Waals surface area contributed by atoms with Crippen LogP contribution in [-0.2, 0) is 28.1 Å². The van der Waals surface area contributed by atoms with E-state index in [-0.39, 0.29) is 0 Å². The van der Waals surface area contributed by atoms with Crippen LogP contribution in [0.15, 0.2) is 18.2 Å². The highest BCUT2D eigenvalue weighted by atomic mass is 16.7. The molecule has 0 aromatic heterocycles. The van der Waals surface area contributed by atoms with Crippen molar-refractivity contribution in [2.75, 3.05) is 0 Å². The number of benzene rings is 1. The van der Waals surface area contributed by atoms with E-state index >= 15 is 0 Å². The summed E-state index contributed by atoms with van der Waals surface area (Å²) in [5, 5.41) is 10.3. The Balaban J connectivity index is 2.48. The molecule has 4 heteroatoms. The van der Waals surface area contributed by atoms with Crippen LogP contribution in [0.4, 0.5) is 0 Å². The molecule has 0 saturated carbocycles. The monoisotopic (exact) mass is 235 g/mol. The van der Waals surface area contributed by atoms with Gasteiger partial charge in [0.25, 0.3) is 0 Å². The van der Waals surface area contributed by atoms with Crippen molar-refractivity contribution in [2.45, 2.75) is 38.2 Å². The van der Waals surface area contributed by atoms with Gasteiger partial charge in [-0.2, -0.15) is 5.90 Å². The van der Waals surface area contributed by atoms with Gasteiger partial charge in [-0.15, -0.1) is 0 Å². The smallest absolute Gasteiger partial charge is 0.360 e. The van der Waals surface area contributed by atoms with Gasteiger partial charge in [0, 0.05) is 0 Å². The van der Waals surface area contributed by atoms with Crippen LogP contribution < -0.4 is 5.90 Å². The molecule has 92 valence electrons. The maximum absolute atomic E-state index is 11.5. The third kappa shape index (κ3) is 2.06. The van der Waals surface area contributed by atoms with Gasteiger partial charge in [-0.25, -0.2) is 4.79 Å². The molecule has 1 aliphatic rings. The molecule has 2 rings (SSSR count). The molecule has 1 aliphatic carbocycles. The summed E-state index contributed by atoms with van der Waals surface area (Å²) in [7, 11) is 0. The number of nitrogens with two attached hydrogens (primary N) is 1. The number of carbonyl (C=O) groups is 1.